The number of ketones is 2. The second kappa shape index (κ2) is 8.96. The highest BCUT2D eigenvalue weighted by atomic mass is 16.6. The Morgan fingerprint density at radius 1 is 1.00 bits per heavy atom. The van der Waals surface area contributed by atoms with E-state index in [1.54, 1.807) is 6.07 Å². The summed E-state index contributed by atoms with van der Waals surface area (Å²) in [7, 11) is 0. The molecule has 0 unspecified atom stereocenters. The monoisotopic (exact) mass is 549 g/mol. The lowest BCUT2D eigenvalue weighted by molar-refractivity contribution is -0.384. The highest BCUT2D eigenvalue weighted by Crippen LogP contribution is 2.59. The molecule has 0 aromatic heterocycles. The number of amides is 1. The summed E-state index contributed by atoms with van der Waals surface area (Å²) in [5.74, 6) is -2.17. The largest absolute Gasteiger partial charge is 0.352 e. The topological polar surface area (TPSA) is 110 Å². The first kappa shape index (κ1) is 26.6. The summed E-state index contributed by atoms with van der Waals surface area (Å²) in [4.78, 5) is 56.7. The molecule has 1 amide bonds. The maximum Gasteiger partial charge on any atom is 0.270 e. The van der Waals surface area contributed by atoms with Crippen molar-refractivity contribution in [2.75, 3.05) is 10.2 Å². The number of rotatable bonds is 4. The lowest BCUT2D eigenvalue weighted by Crippen LogP contribution is -2.51. The predicted octanol–water partition coefficient (Wildman–Crippen LogP) is 5.88. The second-order valence-corrected chi connectivity index (χ2v) is 12.3. The minimum absolute atomic E-state index is 0.0946. The number of nitrogens with one attached hydrogen (secondary N) is 1. The van der Waals surface area contributed by atoms with Crippen LogP contribution in [0.15, 0.2) is 72.8 Å². The second-order valence-electron chi connectivity index (χ2n) is 12.3. The molecule has 8 nitrogen and oxygen atoms in total. The maximum atomic E-state index is 14.8. The minimum atomic E-state index is -1.45. The fourth-order valence-electron chi connectivity index (χ4n) is 6.94. The number of aryl methyl sites for hydroxylation is 1. The van der Waals surface area contributed by atoms with Crippen LogP contribution >= 0.6 is 0 Å². The molecule has 4 atom stereocenters. The molecule has 3 aromatic rings. The Kier molecular flexibility index (Phi) is 5.82. The number of non-ortho nitro benzene ring substituents is 1. The zero-order valence-corrected chi connectivity index (χ0v) is 23.6. The Bertz CT molecular complexity index is 1700. The number of nitrogens with zero attached hydrogens (tertiary/aromatic N) is 2. The Labute approximate surface area is 238 Å². The number of Topliss-reactive ketones (excluding diaryl/α,β-unsaturated/α-hetero) is 2. The van der Waals surface area contributed by atoms with Gasteiger partial charge in [-0.25, -0.2) is 0 Å². The van der Waals surface area contributed by atoms with Gasteiger partial charge in [-0.05, 0) is 43.2 Å². The van der Waals surface area contributed by atoms with Crippen molar-refractivity contribution in [3.63, 3.8) is 0 Å². The molecule has 0 saturated carbocycles. The van der Waals surface area contributed by atoms with Crippen molar-refractivity contribution in [1.82, 2.24) is 0 Å². The Hall–Kier alpha value is -4.59. The zero-order chi connectivity index (χ0) is 29.4. The summed E-state index contributed by atoms with van der Waals surface area (Å²) in [5.41, 5.74) is 2.54. The van der Waals surface area contributed by atoms with E-state index >= 15 is 0 Å². The van der Waals surface area contributed by atoms with Crippen LogP contribution in [-0.4, -0.2) is 34.5 Å². The standard InChI is InChI=1S/C33H31N3O5/c1-18-13-14-25-22(15-18)19(2)16-26-33(23-11-6-7-12-24(23)34-31(33)39)27(28(35(25)26)30(38)32(3,4)5)29(37)20-9-8-10-21(17-20)36(40)41/h6-17,26-28H,1-5H3,(H,34,39)/t26-,27+,28-,33-/m0/s1. The van der Waals surface area contributed by atoms with E-state index in [9.17, 15) is 24.5 Å². The van der Waals surface area contributed by atoms with Crippen LogP contribution in [0.25, 0.3) is 5.57 Å². The highest BCUT2D eigenvalue weighted by molar-refractivity contribution is 6.17. The summed E-state index contributed by atoms with van der Waals surface area (Å²) in [5, 5.41) is 14.6. The smallest absolute Gasteiger partial charge is 0.270 e. The number of allylic oxidation sites excluding steroid dienone is 1. The van der Waals surface area contributed by atoms with E-state index in [0.717, 1.165) is 22.4 Å². The quantitative estimate of drug-likeness (QED) is 0.247. The molecule has 208 valence electrons. The van der Waals surface area contributed by atoms with Gasteiger partial charge in [-0.3, -0.25) is 24.5 Å². The summed E-state index contributed by atoms with van der Waals surface area (Å²) in [6.07, 6.45) is 2.01. The number of hydrogen-bond donors (Lipinski definition) is 1. The van der Waals surface area contributed by atoms with Crippen LogP contribution in [0, 0.1) is 28.4 Å². The Morgan fingerprint density at radius 3 is 2.44 bits per heavy atom. The lowest BCUT2D eigenvalue weighted by Gasteiger charge is -2.40. The summed E-state index contributed by atoms with van der Waals surface area (Å²) < 4.78 is 0. The van der Waals surface area contributed by atoms with Gasteiger partial charge in [0.25, 0.3) is 5.69 Å². The van der Waals surface area contributed by atoms with E-state index in [2.05, 4.69) is 11.4 Å². The summed E-state index contributed by atoms with van der Waals surface area (Å²) >= 11 is 0. The number of nitro benzene ring substituents is 1. The van der Waals surface area contributed by atoms with Crippen molar-refractivity contribution >= 4 is 40.1 Å². The van der Waals surface area contributed by atoms with Gasteiger partial charge in [0.05, 0.1) is 16.9 Å². The van der Waals surface area contributed by atoms with E-state index in [0.29, 0.717) is 11.3 Å². The molecule has 1 fully saturated rings. The van der Waals surface area contributed by atoms with Gasteiger partial charge >= 0.3 is 0 Å². The van der Waals surface area contributed by atoms with Gasteiger partial charge < -0.3 is 10.2 Å². The van der Waals surface area contributed by atoms with E-state index in [1.165, 1.54) is 24.3 Å². The van der Waals surface area contributed by atoms with Crippen molar-refractivity contribution in [3.05, 3.63) is 105 Å². The van der Waals surface area contributed by atoms with Crippen LogP contribution in [0.4, 0.5) is 17.1 Å². The molecule has 1 N–H and O–H groups in total. The van der Waals surface area contributed by atoms with Gasteiger partial charge in [-0.15, -0.1) is 0 Å². The first-order valence-corrected chi connectivity index (χ1v) is 13.7. The van der Waals surface area contributed by atoms with Crippen LogP contribution in [0.5, 0.6) is 0 Å². The van der Waals surface area contributed by atoms with Gasteiger partial charge in [0.2, 0.25) is 5.91 Å². The van der Waals surface area contributed by atoms with Crippen LogP contribution in [0.3, 0.4) is 0 Å². The number of anilines is 2. The molecule has 0 bridgehead atoms. The first-order chi connectivity index (χ1) is 19.4. The molecular formula is C33H31N3O5. The number of carbonyl (C=O) groups is 3. The molecule has 1 saturated heterocycles. The molecule has 3 aliphatic heterocycles. The van der Waals surface area contributed by atoms with Gasteiger partial charge in [0, 0.05) is 40.0 Å². The SMILES string of the molecule is CC1=C[C@@H]2N(c3ccc(C)cc31)[C@H](C(=O)C(C)(C)C)[C@H](C(=O)c1cccc([N+](=O)[O-])c1)[C@@]21C(=O)Nc2ccccc21. The van der Waals surface area contributed by atoms with Crippen LogP contribution in [-0.2, 0) is 15.0 Å². The molecule has 0 radical (unpaired) electrons. The molecule has 3 aromatic carbocycles. The third-order valence-electron chi connectivity index (χ3n) is 8.76. The van der Waals surface area contributed by atoms with Gasteiger partial charge in [0.1, 0.15) is 11.5 Å². The molecule has 6 rings (SSSR count). The minimum Gasteiger partial charge on any atom is -0.352 e. The van der Waals surface area contributed by atoms with Crippen molar-refractivity contribution in [1.29, 1.82) is 0 Å². The molecule has 41 heavy (non-hydrogen) atoms. The van der Waals surface area contributed by atoms with Crippen LogP contribution < -0.4 is 10.2 Å². The number of para-hydroxylation sites is 1. The fraction of sp³-hybridized carbons (Fsp3) is 0.303. The van der Waals surface area contributed by atoms with Gasteiger partial charge in [-0.1, -0.05) is 68.8 Å². The Morgan fingerprint density at radius 2 is 1.73 bits per heavy atom. The Balaban J connectivity index is 1.70. The van der Waals surface area contributed by atoms with Crippen molar-refractivity contribution in [3.8, 4) is 0 Å². The predicted molar refractivity (Wildman–Crippen MR) is 157 cm³/mol. The average Bonchev–Trinajstić information content (AvgIpc) is 3.39. The zero-order valence-electron chi connectivity index (χ0n) is 23.6. The van der Waals surface area contributed by atoms with Gasteiger partial charge in [-0.2, -0.15) is 0 Å². The van der Waals surface area contributed by atoms with Crippen molar-refractivity contribution < 1.29 is 19.3 Å². The first-order valence-electron chi connectivity index (χ1n) is 13.7. The number of fused-ring (bicyclic) bond motifs is 6. The fourth-order valence-corrected chi connectivity index (χ4v) is 6.94. The molecule has 1 spiro atoms. The third kappa shape index (κ3) is 3.70. The van der Waals surface area contributed by atoms with Crippen molar-refractivity contribution in [2.45, 2.75) is 52.1 Å². The molecule has 3 heterocycles. The highest BCUT2D eigenvalue weighted by Gasteiger charge is 2.71. The number of hydrogen-bond acceptors (Lipinski definition) is 6. The third-order valence-corrected chi connectivity index (χ3v) is 8.76. The lowest BCUT2D eigenvalue weighted by atomic mass is 9.63. The number of benzene rings is 3. The number of nitro groups is 1. The maximum absolute atomic E-state index is 14.8. The van der Waals surface area contributed by atoms with E-state index in [-0.39, 0.29) is 22.9 Å². The van der Waals surface area contributed by atoms with Crippen LogP contribution in [0.1, 0.15) is 54.7 Å². The normalized spacial score (nSPS) is 24.3. The number of carbonyl (C=O) groups excluding carboxylic acids is 3. The molecule has 3 aliphatic rings. The molecular weight excluding hydrogens is 518 g/mol. The van der Waals surface area contributed by atoms with E-state index in [1.807, 2.05) is 75.9 Å². The van der Waals surface area contributed by atoms with Crippen molar-refractivity contribution in [2.24, 2.45) is 11.3 Å². The molecule has 0 aliphatic carbocycles. The van der Waals surface area contributed by atoms with Crippen LogP contribution in [0.2, 0.25) is 0 Å². The van der Waals surface area contributed by atoms with Gasteiger partial charge in [0.15, 0.2) is 11.6 Å². The van der Waals surface area contributed by atoms with E-state index in [4.69, 9.17) is 0 Å². The summed E-state index contributed by atoms with van der Waals surface area (Å²) in [6, 6.07) is 17.2. The van der Waals surface area contributed by atoms with E-state index < -0.39 is 39.5 Å². The average molecular weight is 550 g/mol. The molecule has 8 heteroatoms. The summed E-state index contributed by atoms with van der Waals surface area (Å²) in [6.45, 7) is 9.42.